The van der Waals surface area contributed by atoms with Crippen LogP contribution in [0.2, 0.25) is 0 Å². The van der Waals surface area contributed by atoms with Gasteiger partial charge in [-0.25, -0.2) is 4.68 Å². The Morgan fingerprint density at radius 1 is 1.35 bits per heavy atom. The minimum Gasteiger partial charge on any atom is -0.320 e. The highest BCUT2D eigenvalue weighted by molar-refractivity contribution is 5.99. The molecule has 23 heavy (non-hydrogen) atoms. The second kappa shape index (κ2) is 6.02. The van der Waals surface area contributed by atoms with Crippen LogP contribution in [0.25, 0.3) is 10.8 Å². The standard InChI is InChI=1S/C16H14N4O3/c17-7-1-2-10-3-4-12-11(8-10)9-18-20(16(12)23)13-5-6-14(21)19-15(13)22/h3-4,8-9,13H,5-7,17H2,(H,19,21,22). The minimum atomic E-state index is -0.763. The van der Waals surface area contributed by atoms with Gasteiger partial charge in [-0.3, -0.25) is 19.7 Å². The Morgan fingerprint density at radius 2 is 2.17 bits per heavy atom. The fourth-order valence-corrected chi connectivity index (χ4v) is 2.53. The van der Waals surface area contributed by atoms with Gasteiger partial charge in [-0.05, 0) is 24.6 Å². The smallest absolute Gasteiger partial charge is 0.275 e. The zero-order valence-electron chi connectivity index (χ0n) is 12.2. The molecule has 0 saturated carbocycles. The first-order valence-electron chi connectivity index (χ1n) is 7.14. The molecule has 1 aromatic heterocycles. The maximum absolute atomic E-state index is 12.6. The summed E-state index contributed by atoms with van der Waals surface area (Å²) in [5.74, 6) is 4.81. The molecular formula is C16H14N4O3. The molecule has 2 aromatic rings. The van der Waals surface area contributed by atoms with Crippen LogP contribution < -0.4 is 16.6 Å². The van der Waals surface area contributed by atoms with Crippen LogP contribution in [-0.4, -0.2) is 28.1 Å². The van der Waals surface area contributed by atoms with E-state index in [1.165, 1.54) is 6.20 Å². The maximum atomic E-state index is 12.6. The number of piperidine rings is 1. The average Bonchev–Trinajstić information content (AvgIpc) is 2.54. The van der Waals surface area contributed by atoms with Crippen LogP contribution in [0.4, 0.5) is 0 Å². The van der Waals surface area contributed by atoms with E-state index in [1.54, 1.807) is 18.2 Å². The van der Waals surface area contributed by atoms with Crippen molar-refractivity contribution in [3.63, 3.8) is 0 Å². The summed E-state index contributed by atoms with van der Waals surface area (Å²) in [5, 5.41) is 7.40. The summed E-state index contributed by atoms with van der Waals surface area (Å²) in [7, 11) is 0. The van der Waals surface area contributed by atoms with E-state index in [-0.39, 0.29) is 30.9 Å². The van der Waals surface area contributed by atoms with Gasteiger partial charge in [0.1, 0.15) is 6.04 Å². The van der Waals surface area contributed by atoms with E-state index >= 15 is 0 Å². The fourth-order valence-electron chi connectivity index (χ4n) is 2.53. The Labute approximate surface area is 131 Å². The molecule has 2 amide bonds. The summed E-state index contributed by atoms with van der Waals surface area (Å²) in [4.78, 5) is 35.7. The number of nitrogens with two attached hydrogens (primary N) is 1. The molecule has 0 radical (unpaired) electrons. The van der Waals surface area contributed by atoms with Gasteiger partial charge in [0.05, 0.1) is 18.1 Å². The summed E-state index contributed by atoms with van der Waals surface area (Å²) in [6.45, 7) is 0.257. The van der Waals surface area contributed by atoms with E-state index in [1.807, 2.05) is 0 Å². The van der Waals surface area contributed by atoms with Crippen molar-refractivity contribution < 1.29 is 9.59 Å². The molecule has 2 heterocycles. The molecule has 1 saturated heterocycles. The van der Waals surface area contributed by atoms with Gasteiger partial charge in [0.2, 0.25) is 5.91 Å². The second-order valence-corrected chi connectivity index (χ2v) is 5.17. The van der Waals surface area contributed by atoms with E-state index in [4.69, 9.17) is 5.73 Å². The summed E-state index contributed by atoms with van der Waals surface area (Å²) in [6.07, 6.45) is 1.98. The monoisotopic (exact) mass is 310 g/mol. The molecule has 1 aliphatic heterocycles. The molecule has 1 fully saturated rings. The normalized spacial score (nSPS) is 17.5. The van der Waals surface area contributed by atoms with E-state index in [2.05, 4.69) is 22.3 Å². The third-order valence-electron chi connectivity index (χ3n) is 3.65. The number of rotatable bonds is 1. The largest absolute Gasteiger partial charge is 0.320 e. The van der Waals surface area contributed by atoms with Crippen LogP contribution in [0.15, 0.2) is 29.2 Å². The number of hydrogen-bond acceptors (Lipinski definition) is 5. The first kappa shape index (κ1) is 14.9. The van der Waals surface area contributed by atoms with Crippen molar-refractivity contribution >= 4 is 22.6 Å². The van der Waals surface area contributed by atoms with Crippen LogP contribution in [-0.2, 0) is 9.59 Å². The first-order chi connectivity index (χ1) is 11.1. The van der Waals surface area contributed by atoms with E-state index in [0.29, 0.717) is 10.8 Å². The molecule has 7 nitrogen and oxygen atoms in total. The molecule has 0 bridgehead atoms. The Hall–Kier alpha value is -2.98. The molecule has 0 spiro atoms. The second-order valence-electron chi connectivity index (χ2n) is 5.17. The number of hydrogen-bond donors (Lipinski definition) is 2. The lowest BCUT2D eigenvalue weighted by atomic mass is 10.1. The van der Waals surface area contributed by atoms with Crippen molar-refractivity contribution in [1.82, 2.24) is 15.1 Å². The predicted molar refractivity (Wildman–Crippen MR) is 83.4 cm³/mol. The predicted octanol–water partition coefficient (Wildman–Crippen LogP) is -0.316. The molecule has 1 aromatic carbocycles. The Balaban J connectivity index is 2.04. The van der Waals surface area contributed by atoms with Crippen molar-refractivity contribution in [3.8, 4) is 11.8 Å². The Morgan fingerprint density at radius 3 is 2.91 bits per heavy atom. The van der Waals surface area contributed by atoms with Crippen LogP contribution in [0, 0.1) is 11.8 Å². The molecule has 0 aliphatic carbocycles. The maximum Gasteiger partial charge on any atom is 0.275 e. The molecule has 3 N–H and O–H groups in total. The van der Waals surface area contributed by atoms with Crippen molar-refractivity contribution in [2.24, 2.45) is 5.73 Å². The lowest BCUT2D eigenvalue weighted by Gasteiger charge is -2.21. The van der Waals surface area contributed by atoms with Gasteiger partial charge < -0.3 is 5.73 Å². The summed E-state index contributed by atoms with van der Waals surface area (Å²) < 4.78 is 1.13. The molecule has 3 rings (SSSR count). The lowest BCUT2D eigenvalue weighted by Crippen LogP contribution is -2.45. The summed E-state index contributed by atoms with van der Waals surface area (Å²) in [6, 6.07) is 4.37. The molecule has 116 valence electrons. The Bertz CT molecular complexity index is 920. The first-order valence-corrected chi connectivity index (χ1v) is 7.14. The highest BCUT2D eigenvalue weighted by atomic mass is 16.2. The molecule has 1 atom stereocenters. The number of carbonyl (C=O) groups excluding carboxylic acids is 2. The number of imide groups is 1. The van der Waals surface area contributed by atoms with Gasteiger partial charge >= 0.3 is 0 Å². The number of aromatic nitrogens is 2. The number of carbonyl (C=O) groups is 2. The number of nitrogens with one attached hydrogen (secondary N) is 1. The highest BCUT2D eigenvalue weighted by Crippen LogP contribution is 2.17. The zero-order valence-corrected chi connectivity index (χ0v) is 12.2. The van der Waals surface area contributed by atoms with E-state index in [0.717, 1.165) is 10.2 Å². The van der Waals surface area contributed by atoms with Crippen molar-refractivity contribution in [3.05, 3.63) is 40.3 Å². The zero-order chi connectivity index (χ0) is 16.4. The number of fused-ring (bicyclic) bond motifs is 1. The van der Waals surface area contributed by atoms with E-state index < -0.39 is 11.9 Å². The molecule has 1 unspecified atom stereocenters. The number of amides is 2. The van der Waals surface area contributed by atoms with Crippen LogP contribution >= 0.6 is 0 Å². The summed E-state index contributed by atoms with van der Waals surface area (Å²) in [5.41, 5.74) is 5.71. The quantitative estimate of drug-likeness (QED) is 0.555. The van der Waals surface area contributed by atoms with E-state index in [9.17, 15) is 14.4 Å². The lowest BCUT2D eigenvalue weighted by molar-refractivity contribution is -0.136. The SMILES string of the molecule is NCC#Cc1ccc2c(=O)n(C3CCC(=O)NC3=O)ncc2c1. The van der Waals surface area contributed by atoms with Crippen LogP contribution in [0.3, 0.4) is 0 Å². The van der Waals surface area contributed by atoms with Crippen LogP contribution in [0.5, 0.6) is 0 Å². The van der Waals surface area contributed by atoms with Gasteiger partial charge in [0.25, 0.3) is 11.5 Å². The third kappa shape index (κ3) is 2.84. The highest BCUT2D eigenvalue weighted by Gasteiger charge is 2.29. The molecule has 7 heteroatoms. The van der Waals surface area contributed by atoms with Gasteiger partial charge in [-0.2, -0.15) is 5.10 Å². The van der Waals surface area contributed by atoms with Crippen LogP contribution in [0.1, 0.15) is 24.4 Å². The summed E-state index contributed by atoms with van der Waals surface area (Å²) >= 11 is 0. The molecular weight excluding hydrogens is 296 g/mol. The van der Waals surface area contributed by atoms with Crippen molar-refractivity contribution in [1.29, 1.82) is 0 Å². The van der Waals surface area contributed by atoms with Crippen molar-refractivity contribution in [2.75, 3.05) is 6.54 Å². The van der Waals surface area contributed by atoms with Gasteiger partial charge in [-0.15, -0.1) is 0 Å². The average molecular weight is 310 g/mol. The number of nitrogens with zero attached hydrogens (tertiary/aromatic N) is 2. The molecule has 1 aliphatic rings. The van der Waals surface area contributed by atoms with Gasteiger partial charge in [0.15, 0.2) is 0 Å². The fraction of sp³-hybridized carbons (Fsp3) is 0.250. The van der Waals surface area contributed by atoms with Gasteiger partial charge in [0, 0.05) is 17.4 Å². The number of benzene rings is 1. The van der Waals surface area contributed by atoms with Gasteiger partial charge in [-0.1, -0.05) is 11.8 Å². The Kier molecular flexibility index (Phi) is 3.91. The van der Waals surface area contributed by atoms with Crippen molar-refractivity contribution in [2.45, 2.75) is 18.9 Å². The minimum absolute atomic E-state index is 0.191. The third-order valence-corrected chi connectivity index (χ3v) is 3.65. The topological polar surface area (TPSA) is 107 Å².